The van der Waals surface area contributed by atoms with Crippen molar-refractivity contribution in [3.8, 4) is 28.6 Å². The summed E-state index contributed by atoms with van der Waals surface area (Å²) >= 11 is 0. The van der Waals surface area contributed by atoms with E-state index in [0.717, 1.165) is 6.07 Å². The highest BCUT2D eigenvalue weighted by Gasteiger charge is 2.53. The van der Waals surface area contributed by atoms with Crippen molar-refractivity contribution < 1.29 is 64.2 Å². The Bertz CT molecular complexity index is 1460. The van der Waals surface area contributed by atoms with Crippen molar-refractivity contribution in [2.24, 2.45) is 0 Å². The molecule has 2 saturated heterocycles. The smallest absolute Gasteiger partial charge is 0.197 e. The zero-order chi connectivity index (χ0) is 29.6. The van der Waals surface area contributed by atoms with Gasteiger partial charge in [-0.1, -0.05) is 0 Å². The molecule has 41 heavy (non-hydrogen) atoms. The van der Waals surface area contributed by atoms with Crippen LogP contribution in [0.25, 0.3) is 22.3 Å². The first kappa shape index (κ1) is 29.2. The predicted molar refractivity (Wildman–Crippen MR) is 137 cm³/mol. The molecule has 14 nitrogen and oxygen atoms in total. The standard InChI is InChI=1S/C27H30O14/c1-37-15-7-16-18(13(31)6-14(39-16)11-2-4-12(30)5-3-11)21(33)19(15)23-24(22(34)20(32)17(8-28)40-23)41-26-25(35)27(36,9-29)10-38-26/h2-7,17,20,22-26,28-30,32-36H,8-10H2,1H3/t17-,20+,22+,23+,24-,25-,26+,27-/m1/s1. The minimum atomic E-state index is -2.07. The Morgan fingerprint density at radius 3 is 2.37 bits per heavy atom. The Balaban J connectivity index is 1.61. The highest BCUT2D eigenvalue weighted by Crippen LogP contribution is 2.46. The maximum atomic E-state index is 13.2. The first-order chi connectivity index (χ1) is 19.5. The second-order valence-electron chi connectivity index (χ2n) is 9.98. The molecule has 0 radical (unpaired) electrons. The van der Waals surface area contributed by atoms with Gasteiger partial charge in [0.25, 0.3) is 0 Å². The number of phenolic OH excluding ortho intramolecular Hbond substituents is 2. The number of aliphatic hydroxyl groups excluding tert-OH is 5. The lowest BCUT2D eigenvalue weighted by Gasteiger charge is -2.43. The molecule has 3 heterocycles. The third-order valence-corrected chi connectivity index (χ3v) is 7.39. The summed E-state index contributed by atoms with van der Waals surface area (Å²) in [5.41, 5.74) is -2.54. The van der Waals surface area contributed by atoms with Crippen LogP contribution in [0.2, 0.25) is 0 Å². The van der Waals surface area contributed by atoms with Crippen molar-refractivity contribution in [2.45, 2.75) is 48.5 Å². The van der Waals surface area contributed by atoms with Gasteiger partial charge >= 0.3 is 0 Å². The minimum absolute atomic E-state index is 0.00940. The lowest BCUT2D eigenvalue weighted by Crippen LogP contribution is -2.58. The van der Waals surface area contributed by atoms with E-state index in [1.165, 1.54) is 37.4 Å². The van der Waals surface area contributed by atoms with Crippen LogP contribution in [0, 0.1) is 0 Å². The molecule has 5 rings (SSSR count). The Hall–Kier alpha value is -3.31. The molecular formula is C27H30O14. The van der Waals surface area contributed by atoms with E-state index in [0.29, 0.717) is 5.56 Å². The molecule has 0 unspecified atom stereocenters. The molecule has 8 N–H and O–H groups in total. The van der Waals surface area contributed by atoms with Crippen molar-refractivity contribution in [3.05, 3.63) is 52.2 Å². The van der Waals surface area contributed by atoms with E-state index in [-0.39, 0.29) is 33.8 Å². The third kappa shape index (κ3) is 5.03. The summed E-state index contributed by atoms with van der Waals surface area (Å²) in [6, 6.07) is 8.31. The van der Waals surface area contributed by atoms with Crippen LogP contribution in [-0.4, -0.2) is 110 Å². The summed E-state index contributed by atoms with van der Waals surface area (Å²) < 4.78 is 28.2. The van der Waals surface area contributed by atoms with Crippen LogP contribution in [-0.2, 0) is 14.2 Å². The Kier molecular flexibility index (Phi) is 7.95. The first-order valence-electron chi connectivity index (χ1n) is 12.6. The number of methoxy groups -OCH3 is 1. The minimum Gasteiger partial charge on any atom is -0.508 e. The zero-order valence-corrected chi connectivity index (χ0v) is 21.7. The maximum absolute atomic E-state index is 13.2. The molecule has 0 saturated carbocycles. The van der Waals surface area contributed by atoms with Gasteiger partial charge in [-0.3, -0.25) is 4.79 Å². The highest BCUT2D eigenvalue weighted by atomic mass is 16.7. The van der Waals surface area contributed by atoms with Gasteiger partial charge in [0, 0.05) is 17.7 Å². The van der Waals surface area contributed by atoms with Gasteiger partial charge in [0.15, 0.2) is 11.7 Å². The zero-order valence-electron chi connectivity index (χ0n) is 21.7. The van der Waals surface area contributed by atoms with Gasteiger partial charge in [-0.2, -0.15) is 0 Å². The number of hydrogen-bond donors (Lipinski definition) is 8. The van der Waals surface area contributed by atoms with E-state index < -0.39 is 79.5 Å². The number of ether oxygens (including phenoxy) is 4. The van der Waals surface area contributed by atoms with Crippen molar-refractivity contribution in [3.63, 3.8) is 0 Å². The van der Waals surface area contributed by atoms with Gasteiger partial charge in [-0.05, 0) is 24.3 Å². The summed E-state index contributed by atoms with van der Waals surface area (Å²) in [6.45, 7) is -2.12. The van der Waals surface area contributed by atoms with E-state index in [1.807, 2.05) is 0 Å². The molecule has 14 heteroatoms. The van der Waals surface area contributed by atoms with Crippen LogP contribution < -0.4 is 10.2 Å². The van der Waals surface area contributed by atoms with Gasteiger partial charge < -0.3 is 64.2 Å². The van der Waals surface area contributed by atoms with E-state index in [1.54, 1.807) is 0 Å². The molecule has 2 aliphatic rings. The quantitative estimate of drug-likeness (QED) is 0.166. The fraction of sp³-hybridized carbons (Fsp3) is 0.444. The molecule has 0 spiro atoms. The summed E-state index contributed by atoms with van der Waals surface area (Å²) in [4.78, 5) is 13.2. The number of phenols is 2. The van der Waals surface area contributed by atoms with E-state index in [4.69, 9.17) is 23.4 Å². The molecule has 0 aliphatic carbocycles. The van der Waals surface area contributed by atoms with E-state index >= 15 is 0 Å². The average molecular weight is 579 g/mol. The van der Waals surface area contributed by atoms with Crippen LogP contribution in [0.5, 0.6) is 17.2 Å². The number of rotatable bonds is 7. The number of benzene rings is 2. The summed E-state index contributed by atoms with van der Waals surface area (Å²) in [6.07, 6.45) is -11.4. The molecule has 0 bridgehead atoms. The molecule has 8 atom stereocenters. The second kappa shape index (κ2) is 11.2. The maximum Gasteiger partial charge on any atom is 0.197 e. The Labute approximate surface area is 231 Å². The largest absolute Gasteiger partial charge is 0.508 e. The molecule has 2 fully saturated rings. The summed E-state index contributed by atoms with van der Waals surface area (Å²) in [7, 11) is 1.25. The number of aromatic hydroxyl groups is 2. The van der Waals surface area contributed by atoms with Gasteiger partial charge in [0.1, 0.15) is 76.2 Å². The van der Waals surface area contributed by atoms with Gasteiger partial charge in [-0.15, -0.1) is 0 Å². The second-order valence-corrected chi connectivity index (χ2v) is 9.98. The summed E-state index contributed by atoms with van der Waals surface area (Å²) in [5.74, 6) is -0.603. The van der Waals surface area contributed by atoms with Gasteiger partial charge in [-0.25, -0.2) is 0 Å². The highest BCUT2D eigenvalue weighted by molar-refractivity contribution is 5.88. The lowest BCUT2D eigenvalue weighted by atomic mass is 9.89. The van der Waals surface area contributed by atoms with Crippen molar-refractivity contribution in [1.29, 1.82) is 0 Å². The molecule has 2 aliphatic heterocycles. The molecule has 222 valence electrons. The first-order valence-corrected chi connectivity index (χ1v) is 12.6. The molecule has 0 amide bonds. The topological polar surface area (TPSA) is 229 Å². The SMILES string of the molecule is COc1cc2oc(-c3ccc(O)cc3)cc(=O)c2c(O)c1[C@@H]1O[C@H](CO)[C@H](O)[C@H](O)[C@H]1O[C@@H]1OC[C@](O)(CO)[C@@H]1O. The van der Waals surface area contributed by atoms with Crippen molar-refractivity contribution >= 4 is 11.0 Å². The van der Waals surface area contributed by atoms with Crippen molar-refractivity contribution in [1.82, 2.24) is 0 Å². The number of hydrogen-bond acceptors (Lipinski definition) is 14. The average Bonchev–Trinajstić information content (AvgIpc) is 3.25. The fourth-order valence-corrected chi connectivity index (χ4v) is 5.05. The molecule has 2 aromatic carbocycles. The van der Waals surface area contributed by atoms with Crippen LogP contribution in [0.3, 0.4) is 0 Å². The normalized spacial score (nSPS) is 31.9. The van der Waals surface area contributed by atoms with Crippen LogP contribution in [0.4, 0.5) is 0 Å². The third-order valence-electron chi connectivity index (χ3n) is 7.39. The van der Waals surface area contributed by atoms with Crippen molar-refractivity contribution in [2.75, 3.05) is 26.9 Å². The number of fused-ring (bicyclic) bond motifs is 1. The fourth-order valence-electron chi connectivity index (χ4n) is 5.05. The Morgan fingerprint density at radius 2 is 1.76 bits per heavy atom. The van der Waals surface area contributed by atoms with E-state index in [2.05, 4.69) is 0 Å². The molecular weight excluding hydrogens is 548 g/mol. The van der Waals surface area contributed by atoms with Gasteiger partial charge in [0.05, 0.1) is 32.5 Å². The lowest BCUT2D eigenvalue weighted by molar-refractivity contribution is -0.287. The predicted octanol–water partition coefficient (Wildman–Crippen LogP) is -1.14. The number of aliphatic hydroxyl groups is 6. The monoisotopic (exact) mass is 578 g/mol. The molecule has 3 aromatic rings. The Morgan fingerprint density at radius 1 is 1.05 bits per heavy atom. The van der Waals surface area contributed by atoms with Crippen LogP contribution in [0.1, 0.15) is 11.7 Å². The summed E-state index contributed by atoms with van der Waals surface area (Å²) in [5, 5.41) is 82.3. The van der Waals surface area contributed by atoms with Crippen LogP contribution in [0.15, 0.2) is 45.6 Å². The van der Waals surface area contributed by atoms with Gasteiger partial charge in [0.2, 0.25) is 0 Å². The van der Waals surface area contributed by atoms with E-state index in [9.17, 15) is 45.6 Å². The molecule has 1 aromatic heterocycles. The van der Waals surface area contributed by atoms with Crippen LogP contribution >= 0.6 is 0 Å².